The summed E-state index contributed by atoms with van der Waals surface area (Å²) in [6, 6.07) is 28.0. The fourth-order valence-corrected chi connectivity index (χ4v) is 3.57. The zero-order chi connectivity index (χ0) is 22.7. The van der Waals surface area contributed by atoms with Crippen molar-refractivity contribution in [2.45, 2.75) is 39.0 Å². The number of nitrogens with one attached hydrogen (secondary N) is 1. The number of carbonyl (C=O) groups excluding carboxylic acids is 1. The van der Waals surface area contributed by atoms with E-state index >= 15 is 0 Å². The van der Waals surface area contributed by atoms with Gasteiger partial charge in [-0.15, -0.1) is 0 Å². The normalized spacial score (nSPS) is 10.8. The number of hydrogen-bond donors (Lipinski definition) is 1. The summed E-state index contributed by atoms with van der Waals surface area (Å²) < 4.78 is 11.7. The van der Waals surface area contributed by atoms with Gasteiger partial charge in [0.05, 0.1) is 19.4 Å². The maximum atomic E-state index is 12.4. The van der Waals surface area contributed by atoms with Gasteiger partial charge in [-0.1, -0.05) is 84.9 Å². The summed E-state index contributed by atoms with van der Waals surface area (Å²) in [6.45, 7) is 1.56. The lowest BCUT2D eigenvalue weighted by atomic mass is 10.1. The number of aromatic nitrogens is 1. The zero-order valence-corrected chi connectivity index (χ0v) is 18.6. The van der Waals surface area contributed by atoms with Crippen molar-refractivity contribution in [3.05, 3.63) is 114 Å². The van der Waals surface area contributed by atoms with Gasteiger partial charge in [0.2, 0.25) is 5.91 Å². The summed E-state index contributed by atoms with van der Waals surface area (Å²) in [5.74, 6) is 1.42. The number of rotatable bonds is 11. The highest BCUT2D eigenvalue weighted by molar-refractivity contribution is 5.75. The second-order valence-corrected chi connectivity index (χ2v) is 7.86. The monoisotopic (exact) mass is 440 g/mol. The van der Waals surface area contributed by atoms with E-state index in [0.717, 1.165) is 28.0 Å². The summed E-state index contributed by atoms with van der Waals surface area (Å²) in [7, 11) is 0. The molecule has 0 saturated carbocycles. The molecule has 1 heterocycles. The number of amides is 1. The van der Waals surface area contributed by atoms with Crippen molar-refractivity contribution in [1.82, 2.24) is 10.3 Å². The zero-order valence-electron chi connectivity index (χ0n) is 18.6. The quantitative estimate of drug-likeness (QED) is 0.325. The molecule has 0 fully saturated rings. The first-order valence-electron chi connectivity index (χ1n) is 11.2. The summed E-state index contributed by atoms with van der Waals surface area (Å²) in [6.07, 6.45) is 3.48. The van der Waals surface area contributed by atoms with E-state index in [1.165, 1.54) is 0 Å². The largest absolute Gasteiger partial charge is 0.441 e. The highest BCUT2D eigenvalue weighted by Gasteiger charge is 2.09. The number of hydrogen-bond acceptors (Lipinski definition) is 4. The second kappa shape index (κ2) is 11.8. The highest BCUT2D eigenvalue weighted by atomic mass is 16.5. The third-order valence-electron chi connectivity index (χ3n) is 5.37. The standard InChI is InChI=1S/C28H28N2O3/c31-27(16-9-17-28-30-19-26(33-28)23-12-5-2-6-13-23)29-18-24-14-7-8-15-25(24)21-32-20-22-10-3-1-4-11-22/h1-8,10-15,19H,9,16-18,20-21H2,(H,29,31). The lowest BCUT2D eigenvalue weighted by Crippen LogP contribution is -2.23. The molecule has 0 atom stereocenters. The number of benzene rings is 3. The number of oxazole rings is 1. The smallest absolute Gasteiger partial charge is 0.220 e. The molecule has 4 aromatic rings. The van der Waals surface area contributed by atoms with Gasteiger partial charge in [0.25, 0.3) is 0 Å². The average molecular weight is 441 g/mol. The first-order chi connectivity index (χ1) is 16.3. The Morgan fingerprint density at radius 3 is 2.33 bits per heavy atom. The van der Waals surface area contributed by atoms with Crippen molar-refractivity contribution in [1.29, 1.82) is 0 Å². The Bertz CT molecular complexity index is 1140. The van der Waals surface area contributed by atoms with Crippen LogP contribution in [0, 0.1) is 0 Å². The molecule has 0 aliphatic carbocycles. The van der Waals surface area contributed by atoms with Crippen LogP contribution >= 0.6 is 0 Å². The topological polar surface area (TPSA) is 64.4 Å². The number of ether oxygens (including phenoxy) is 1. The van der Waals surface area contributed by atoms with Gasteiger partial charge in [-0.25, -0.2) is 4.98 Å². The SMILES string of the molecule is O=C(CCCc1ncc(-c2ccccc2)o1)NCc1ccccc1COCc1ccccc1. The molecular formula is C28H28N2O3. The molecule has 33 heavy (non-hydrogen) atoms. The van der Waals surface area contributed by atoms with Gasteiger partial charge < -0.3 is 14.5 Å². The lowest BCUT2D eigenvalue weighted by Gasteiger charge is -2.11. The van der Waals surface area contributed by atoms with E-state index in [2.05, 4.69) is 10.3 Å². The van der Waals surface area contributed by atoms with Crippen molar-refractivity contribution in [3.63, 3.8) is 0 Å². The van der Waals surface area contributed by atoms with Gasteiger partial charge in [0.1, 0.15) is 0 Å². The molecule has 3 aromatic carbocycles. The summed E-state index contributed by atoms with van der Waals surface area (Å²) in [5, 5.41) is 3.02. The van der Waals surface area contributed by atoms with Crippen molar-refractivity contribution in [2.75, 3.05) is 0 Å². The van der Waals surface area contributed by atoms with E-state index in [0.29, 0.717) is 44.9 Å². The van der Waals surface area contributed by atoms with Crippen molar-refractivity contribution in [3.8, 4) is 11.3 Å². The minimum atomic E-state index is 0.0184. The molecule has 0 aliphatic rings. The molecule has 168 valence electrons. The van der Waals surface area contributed by atoms with Crippen LogP contribution in [0.1, 0.15) is 35.4 Å². The van der Waals surface area contributed by atoms with Crippen molar-refractivity contribution in [2.24, 2.45) is 0 Å². The number of carbonyl (C=O) groups is 1. The first-order valence-corrected chi connectivity index (χ1v) is 11.2. The third kappa shape index (κ3) is 6.89. The van der Waals surface area contributed by atoms with Crippen molar-refractivity contribution >= 4 is 5.91 Å². The van der Waals surface area contributed by atoms with Gasteiger partial charge in [-0.2, -0.15) is 0 Å². The molecule has 0 bridgehead atoms. The average Bonchev–Trinajstić information content (AvgIpc) is 3.34. The van der Waals surface area contributed by atoms with Crippen LogP contribution in [0.25, 0.3) is 11.3 Å². The third-order valence-corrected chi connectivity index (χ3v) is 5.37. The van der Waals surface area contributed by atoms with E-state index in [1.54, 1.807) is 6.20 Å². The molecule has 0 spiro atoms. The minimum Gasteiger partial charge on any atom is -0.441 e. The second-order valence-electron chi connectivity index (χ2n) is 7.86. The number of aryl methyl sites for hydroxylation is 1. The predicted molar refractivity (Wildman–Crippen MR) is 128 cm³/mol. The molecule has 1 aromatic heterocycles. The van der Waals surface area contributed by atoms with Crippen LogP contribution in [0.4, 0.5) is 0 Å². The fraction of sp³-hybridized carbons (Fsp3) is 0.214. The minimum absolute atomic E-state index is 0.0184. The Morgan fingerprint density at radius 2 is 1.55 bits per heavy atom. The molecule has 5 heteroatoms. The molecule has 1 amide bonds. The Hall–Kier alpha value is -3.70. The molecule has 0 radical (unpaired) electrons. The molecule has 5 nitrogen and oxygen atoms in total. The summed E-state index contributed by atoms with van der Waals surface area (Å²) in [5.41, 5.74) is 4.30. The van der Waals surface area contributed by atoms with Gasteiger partial charge in [-0.05, 0) is 23.1 Å². The lowest BCUT2D eigenvalue weighted by molar-refractivity contribution is -0.121. The van der Waals surface area contributed by atoms with Crippen LogP contribution in [0.2, 0.25) is 0 Å². The maximum Gasteiger partial charge on any atom is 0.220 e. The summed E-state index contributed by atoms with van der Waals surface area (Å²) >= 11 is 0. The molecule has 0 aliphatic heterocycles. The molecule has 0 unspecified atom stereocenters. The van der Waals surface area contributed by atoms with Crippen molar-refractivity contribution < 1.29 is 13.9 Å². The van der Waals surface area contributed by atoms with Crippen LogP contribution in [0.3, 0.4) is 0 Å². The molecular weight excluding hydrogens is 412 g/mol. The predicted octanol–water partition coefficient (Wildman–Crippen LogP) is 5.70. The van der Waals surface area contributed by atoms with E-state index in [9.17, 15) is 4.79 Å². The Kier molecular flexibility index (Phi) is 8.03. The fourth-order valence-electron chi connectivity index (χ4n) is 3.57. The van der Waals surface area contributed by atoms with E-state index < -0.39 is 0 Å². The van der Waals surface area contributed by atoms with Crippen LogP contribution in [0.15, 0.2) is 95.5 Å². The summed E-state index contributed by atoms with van der Waals surface area (Å²) in [4.78, 5) is 16.7. The van der Waals surface area contributed by atoms with E-state index in [4.69, 9.17) is 9.15 Å². The Balaban J connectivity index is 1.20. The number of nitrogens with zero attached hydrogens (tertiary/aromatic N) is 1. The molecule has 1 N–H and O–H groups in total. The first kappa shape index (κ1) is 22.5. The Morgan fingerprint density at radius 1 is 0.848 bits per heavy atom. The molecule has 4 rings (SSSR count). The van der Waals surface area contributed by atoms with E-state index in [1.807, 2.05) is 84.9 Å². The van der Waals surface area contributed by atoms with Gasteiger partial charge in [-0.3, -0.25) is 4.79 Å². The van der Waals surface area contributed by atoms with Gasteiger partial charge in [0, 0.05) is 24.9 Å². The van der Waals surface area contributed by atoms with Crippen LogP contribution in [0.5, 0.6) is 0 Å². The van der Waals surface area contributed by atoms with Crippen LogP contribution < -0.4 is 5.32 Å². The highest BCUT2D eigenvalue weighted by Crippen LogP contribution is 2.20. The molecule has 0 saturated heterocycles. The maximum absolute atomic E-state index is 12.4. The van der Waals surface area contributed by atoms with Gasteiger partial charge >= 0.3 is 0 Å². The van der Waals surface area contributed by atoms with E-state index in [-0.39, 0.29) is 5.91 Å². The van der Waals surface area contributed by atoms with Crippen LogP contribution in [-0.4, -0.2) is 10.9 Å². The van der Waals surface area contributed by atoms with Crippen LogP contribution in [-0.2, 0) is 35.7 Å². The Labute approximate surface area is 194 Å². The van der Waals surface area contributed by atoms with Gasteiger partial charge in [0.15, 0.2) is 11.7 Å².